The smallest absolute Gasteiger partial charge is 0.179 e. The molecular weight excluding hydrogens is 347 g/mol. The second-order valence-electron chi connectivity index (χ2n) is 6.86. The Hall–Kier alpha value is -3.13. The number of hydrogen-bond acceptors (Lipinski definition) is 6. The number of carbonyl (C=O) groups is 1. The van der Waals surface area contributed by atoms with Crippen LogP contribution in [0, 0.1) is 0 Å². The lowest BCUT2D eigenvalue weighted by atomic mass is 9.70. The molecule has 5 rings (SSSR count). The van der Waals surface area contributed by atoms with Gasteiger partial charge in [0.25, 0.3) is 0 Å². The van der Waals surface area contributed by atoms with E-state index in [0.717, 1.165) is 23.1 Å². The van der Waals surface area contributed by atoms with E-state index in [-0.39, 0.29) is 29.9 Å². The van der Waals surface area contributed by atoms with E-state index in [0.29, 0.717) is 23.3 Å². The van der Waals surface area contributed by atoms with Crippen LogP contribution in [0.4, 0.5) is 4.48 Å². The molecule has 3 aliphatic rings. The molecule has 1 aliphatic carbocycles. The first-order valence-corrected chi connectivity index (χ1v) is 8.83. The van der Waals surface area contributed by atoms with Crippen LogP contribution >= 0.6 is 0 Å². The molecular formula is C19H17FN6O. The zero-order valence-electron chi connectivity index (χ0n) is 14.4. The van der Waals surface area contributed by atoms with E-state index < -0.39 is 0 Å². The maximum absolute atomic E-state index is 14.4. The van der Waals surface area contributed by atoms with Crippen LogP contribution in [0.5, 0.6) is 0 Å². The molecule has 0 saturated heterocycles. The number of benzene rings is 1. The van der Waals surface area contributed by atoms with Gasteiger partial charge in [0.15, 0.2) is 5.78 Å². The Morgan fingerprint density at radius 3 is 2.85 bits per heavy atom. The maximum atomic E-state index is 14.4. The maximum Gasteiger partial charge on any atom is 0.179 e. The molecule has 2 aliphatic heterocycles. The average Bonchev–Trinajstić information content (AvgIpc) is 3.16. The summed E-state index contributed by atoms with van der Waals surface area (Å²) in [7, 11) is 0. The Morgan fingerprint density at radius 1 is 1.22 bits per heavy atom. The van der Waals surface area contributed by atoms with Gasteiger partial charge >= 0.3 is 0 Å². The number of aromatic amines is 1. The summed E-state index contributed by atoms with van der Waals surface area (Å²) in [4.78, 5) is 21.1. The molecule has 0 amide bonds. The molecule has 8 heteroatoms. The number of hydrazine groups is 1. The number of aromatic nitrogens is 3. The van der Waals surface area contributed by atoms with Crippen LogP contribution in [0.15, 0.2) is 64.6 Å². The van der Waals surface area contributed by atoms with E-state index >= 15 is 0 Å². The quantitative estimate of drug-likeness (QED) is 0.796. The average molecular weight is 364 g/mol. The Balaban J connectivity index is 1.73. The van der Waals surface area contributed by atoms with Gasteiger partial charge in [-0.15, -0.1) is 5.23 Å². The fraction of sp³-hybridized carbons (Fsp3) is 0.263. The number of aliphatic imine (C=N–C) groups is 1. The van der Waals surface area contributed by atoms with Gasteiger partial charge in [-0.3, -0.25) is 14.9 Å². The number of halogens is 1. The van der Waals surface area contributed by atoms with E-state index in [1.807, 2.05) is 18.2 Å². The molecule has 0 saturated carbocycles. The van der Waals surface area contributed by atoms with Gasteiger partial charge in [-0.2, -0.15) is 5.10 Å². The number of nitrogens with zero attached hydrogens (tertiary/aromatic N) is 4. The van der Waals surface area contributed by atoms with Crippen molar-refractivity contribution in [1.29, 1.82) is 0 Å². The van der Waals surface area contributed by atoms with Crippen molar-refractivity contribution in [1.82, 2.24) is 25.8 Å². The van der Waals surface area contributed by atoms with Crippen LogP contribution in [-0.2, 0) is 4.79 Å². The minimum absolute atomic E-state index is 0.00436. The normalized spacial score (nSPS) is 24.9. The van der Waals surface area contributed by atoms with Gasteiger partial charge in [-0.1, -0.05) is 34.8 Å². The molecule has 0 fully saturated rings. The molecule has 3 heterocycles. The van der Waals surface area contributed by atoms with Crippen molar-refractivity contribution in [2.45, 2.75) is 18.3 Å². The molecule has 7 nitrogen and oxygen atoms in total. The minimum atomic E-state index is -0.227. The molecule has 1 aromatic heterocycles. The molecule has 2 atom stereocenters. The first kappa shape index (κ1) is 16.1. The Labute approximate surface area is 154 Å². The van der Waals surface area contributed by atoms with Gasteiger partial charge in [0.2, 0.25) is 0 Å². The van der Waals surface area contributed by atoms with Gasteiger partial charge in [0.05, 0.1) is 11.6 Å². The summed E-state index contributed by atoms with van der Waals surface area (Å²) in [6.07, 6.45) is 3.51. The highest BCUT2D eigenvalue weighted by Crippen LogP contribution is 2.47. The van der Waals surface area contributed by atoms with E-state index in [9.17, 15) is 9.28 Å². The van der Waals surface area contributed by atoms with E-state index in [1.165, 1.54) is 12.4 Å². The largest absolute Gasteiger partial charge is 0.293 e. The summed E-state index contributed by atoms with van der Waals surface area (Å²) in [5, 5.41) is 7.39. The van der Waals surface area contributed by atoms with Crippen molar-refractivity contribution < 1.29 is 9.28 Å². The Morgan fingerprint density at radius 2 is 2.07 bits per heavy atom. The van der Waals surface area contributed by atoms with E-state index in [1.54, 1.807) is 0 Å². The number of rotatable bonds is 2. The summed E-state index contributed by atoms with van der Waals surface area (Å²) in [5.74, 6) is 0.290. The fourth-order valence-electron chi connectivity index (χ4n) is 4.20. The highest BCUT2D eigenvalue weighted by Gasteiger charge is 2.43. The third-order valence-electron chi connectivity index (χ3n) is 5.33. The lowest BCUT2D eigenvalue weighted by molar-refractivity contribution is -0.113. The summed E-state index contributed by atoms with van der Waals surface area (Å²) in [5.41, 5.74) is 6.55. The van der Waals surface area contributed by atoms with Crippen molar-refractivity contribution in [3.05, 3.63) is 71.0 Å². The number of allylic oxidation sites excluding steroid dienone is 1. The van der Waals surface area contributed by atoms with Crippen LogP contribution in [-0.4, -0.2) is 45.0 Å². The number of H-pyrrole nitrogens is 1. The molecule has 2 N–H and O–H groups in total. The molecule has 136 valence electrons. The highest BCUT2D eigenvalue weighted by atomic mass is 19.2. The van der Waals surface area contributed by atoms with Gasteiger partial charge in [-0.05, 0) is 17.6 Å². The molecule has 0 radical (unpaired) electrons. The molecule has 27 heavy (non-hydrogen) atoms. The lowest BCUT2D eigenvalue weighted by Crippen LogP contribution is -2.43. The number of hydrogen-bond donors (Lipinski definition) is 2. The van der Waals surface area contributed by atoms with Gasteiger partial charge in [-0.25, -0.2) is 10.4 Å². The van der Waals surface area contributed by atoms with Crippen molar-refractivity contribution in [3.63, 3.8) is 0 Å². The summed E-state index contributed by atoms with van der Waals surface area (Å²) in [6.45, 7) is 0.373. The summed E-state index contributed by atoms with van der Waals surface area (Å²) < 4.78 is 14.4. The van der Waals surface area contributed by atoms with E-state index in [2.05, 4.69) is 37.7 Å². The van der Waals surface area contributed by atoms with E-state index in [4.69, 9.17) is 0 Å². The minimum Gasteiger partial charge on any atom is -0.293 e. The van der Waals surface area contributed by atoms with Crippen molar-refractivity contribution in [2.75, 3.05) is 13.1 Å². The molecule has 0 bridgehead atoms. The fourth-order valence-corrected chi connectivity index (χ4v) is 4.20. The third-order valence-corrected chi connectivity index (χ3v) is 5.33. The van der Waals surface area contributed by atoms with Crippen LogP contribution in [0.1, 0.15) is 29.6 Å². The van der Waals surface area contributed by atoms with Gasteiger partial charge < -0.3 is 0 Å². The molecule has 2 unspecified atom stereocenters. The molecule has 1 aromatic carbocycles. The Bertz CT molecular complexity index is 979. The van der Waals surface area contributed by atoms with Crippen LogP contribution in [0.25, 0.3) is 0 Å². The standard InChI is InChI=1S/C19H17FN6O/c20-26-15-7-13(27)9-21-18-16(15)12(8-24-26)6-14(11-4-2-1-3-5-11)17(18)19-22-10-23-25-19/h1-5,7,10,14,17,24H,6,8-9H2,(H,22,23,25). The lowest BCUT2D eigenvalue weighted by Gasteiger charge is -2.39. The first-order valence-electron chi connectivity index (χ1n) is 8.83. The number of carbonyl (C=O) groups excluding carboxylic acids is 1. The second kappa shape index (κ2) is 6.24. The number of ketones is 1. The SMILES string of the molecule is O=C1C=C2C3=C(CNN2F)CC(c2ccccc2)C(c2ncn[nH]2)C3=NC1. The summed E-state index contributed by atoms with van der Waals surface area (Å²) >= 11 is 0. The molecule has 2 aromatic rings. The molecule has 0 spiro atoms. The third kappa shape index (κ3) is 2.60. The topological polar surface area (TPSA) is 86.3 Å². The predicted molar refractivity (Wildman–Crippen MR) is 96.3 cm³/mol. The predicted octanol–water partition coefficient (Wildman–Crippen LogP) is 1.98. The van der Waals surface area contributed by atoms with Crippen LogP contribution in [0.2, 0.25) is 0 Å². The van der Waals surface area contributed by atoms with Crippen LogP contribution in [0.3, 0.4) is 0 Å². The van der Waals surface area contributed by atoms with Crippen LogP contribution < -0.4 is 5.43 Å². The van der Waals surface area contributed by atoms with Crippen molar-refractivity contribution in [2.24, 2.45) is 4.99 Å². The van der Waals surface area contributed by atoms with Crippen molar-refractivity contribution >= 4 is 11.5 Å². The second-order valence-corrected chi connectivity index (χ2v) is 6.86. The Kier molecular flexibility index (Phi) is 3.71. The zero-order chi connectivity index (χ0) is 18.4. The highest BCUT2D eigenvalue weighted by molar-refractivity contribution is 6.13. The summed E-state index contributed by atoms with van der Waals surface area (Å²) in [6, 6.07) is 10.1. The zero-order valence-corrected chi connectivity index (χ0v) is 14.4. The van der Waals surface area contributed by atoms with Gasteiger partial charge in [0.1, 0.15) is 24.4 Å². The first-order chi connectivity index (χ1) is 13.2. The number of nitrogens with one attached hydrogen (secondary N) is 2. The van der Waals surface area contributed by atoms with Gasteiger partial charge in [0, 0.05) is 24.1 Å². The monoisotopic (exact) mass is 364 g/mol. The van der Waals surface area contributed by atoms with Crippen molar-refractivity contribution in [3.8, 4) is 0 Å².